The predicted octanol–water partition coefficient (Wildman–Crippen LogP) is 2.21. The second kappa shape index (κ2) is 10.5. The van der Waals surface area contributed by atoms with Crippen molar-refractivity contribution in [2.24, 2.45) is 0 Å². The van der Waals surface area contributed by atoms with Crippen molar-refractivity contribution in [2.75, 3.05) is 27.1 Å². The Morgan fingerprint density at radius 2 is 1.38 bits per heavy atom. The van der Waals surface area contributed by atoms with Gasteiger partial charge in [-0.1, -0.05) is 13.8 Å². The Labute approximate surface area is 88.5 Å². The maximum atomic E-state index is 5.20. The van der Waals surface area contributed by atoms with Crippen LogP contribution in [0.15, 0.2) is 0 Å². The summed E-state index contributed by atoms with van der Waals surface area (Å²) in [4.78, 5) is 0. The van der Waals surface area contributed by atoms with Crippen molar-refractivity contribution >= 4 is 21.4 Å². The average Bonchev–Trinajstić information content (AvgIpc) is 2.24. The second-order valence-electron chi connectivity index (χ2n) is 2.12. The molecule has 0 aromatic rings. The molecule has 0 rings (SSSR count). The van der Waals surface area contributed by atoms with E-state index >= 15 is 0 Å². The molecule has 0 unspecified atom stereocenters. The topological polar surface area (TPSA) is 27.7 Å². The van der Waals surface area contributed by atoms with Gasteiger partial charge in [-0.3, -0.25) is 0 Å². The van der Waals surface area contributed by atoms with E-state index in [1.165, 1.54) is 0 Å². The Morgan fingerprint density at radius 3 is 1.62 bits per heavy atom. The summed E-state index contributed by atoms with van der Waals surface area (Å²) < 4.78 is 15.6. The lowest BCUT2D eigenvalue weighted by atomic mass is 10.6. The zero-order chi connectivity index (χ0) is 10.7. The molecule has 0 amide bonds. The predicted molar refractivity (Wildman–Crippen MR) is 61.4 cm³/mol. The minimum Gasteiger partial charge on any atom is -0.377 e. The van der Waals surface area contributed by atoms with Crippen molar-refractivity contribution in [2.45, 2.75) is 26.3 Å². The van der Waals surface area contributed by atoms with Gasteiger partial charge in [-0.15, -0.1) is 0 Å². The summed E-state index contributed by atoms with van der Waals surface area (Å²) in [5, 5.41) is 0. The molecule has 82 valence electrons. The fourth-order valence-electron chi connectivity index (χ4n) is 0.852. The van der Waals surface area contributed by atoms with Crippen LogP contribution in [0, 0.1) is 0 Å². The van der Waals surface area contributed by atoms with Gasteiger partial charge < -0.3 is 13.3 Å². The molecule has 0 aliphatic heterocycles. The Balaban J connectivity index is 0. The van der Waals surface area contributed by atoms with Crippen LogP contribution < -0.4 is 0 Å². The van der Waals surface area contributed by atoms with Crippen LogP contribution in [0.3, 0.4) is 0 Å². The molecule has 0 bridgehead atoms. The first-order valence-corrected chi connectivity index (χ1v) is 7.07. The number of hydrogen-bond donors (Lipinski definition) is 1. The van der Waals surface area contributed by atoms with E-state index < -0.39 is 8.80 Å². The first-order valence-electron chi connectivity index (χ1n) is 4.51. The first-order chi connectivity index (χ1) is 6.24. The standard InChI is InChI=1S/C6H16O3SSi.C2H6/c1-7-11(8-2,9-3)6-4-5-10;1-2/h10H,4-6H2,1-3H3;1-2H3. The van der Waals surface area contributed by atoms with Crippen LogP contribution in [-0.4, -0.2) is 35.9 Å². The summed E-state index contributed by atoms with van der Waals surface area (Å²) in [6, 6.07) is 0.833. The van der Waals surface area contributed by atoms with Gasteiger partial charge >= 0.3 is 8.80 Å². The maximum absolute atomic E-state index is 5.20. The summed E-state index contributed by atoms with van der Waals surface area (Å²) >= 11 is 4.10. The molecular weight excluding hydrogens is 204 g/mol. The first kappa shape index (κ1) is 15.9. The van der Waals surface area contributed by atoms with Crippen LogP contribution >= 0.6 is 12.6 Å². The lowest BCUT2D eigenvalue weighted by Gasteiger charge is -2.23. The molecule has 13 heavy (non-hydrogen) atoms. The van der Waals surface area contributed by atoms with E-state index in [0.29, 0.717) is 0 Å². The molecule has 0 aromatic heterocycles. The quantitative estimate of drug-likeness (QED) is 0.556. The van der Waals surface area contributed by atoms with E-state index in [2.05, 4.69) is 12.6 Å². The highest BCUT2D eigenvalue weighted by Gasteiger charge is 2.36. The molecule has 0 aliphatic carbocycles. The molecule has 0 spiro atoms. The van der Waals surface area contributed by atoms with Crippen molar-refractivity contribution in [3.63, 3.8) is 0 Å². The lowest BCUT2D eigenvalue weighted by Crippen LogP contribution is -2.42. The third-order valence-corrected chi connectivity index (χ3v) is 4.72. The van der Waals surface area contributed by atoms with E-state index in [0.717, 1.165) is 18.2 Å². The van der Waals surface area contributed by atoms with Gasteiger partial charge in [0.25, 0.3) is 0 Å². The van der Waals surface area contributed by atoms with Crippen LogP contribution in [0.25, 0.3) is 0 Å². The molecule has 0 aromatic carbocycles. The zero-order valence-corrected chi connectivity index (χ0v) is 11.2. The van der Waals surface area contributed by atoms with Gasteiger partial charge in [-0.05, 0) is 12.2 Å². The van der Waals surface area contributed by atoms with Crippen LogP contribution in [0.1, 0.15) is 20.3 Å². The van der Waals surface area contributed by atoms with Crippen LogP contribution in [0.5, 0.6) is 0 Å². The number of hydrogen-bond acceptors (Lipinski definition) is 4. The Morgan fingerprint density at radius 1 is 1.00 bits per heavy atom. The van der Waals surface area contributed by atoms with Gasteiger partial charge in [-0.2, -0.15) is 12.6 Å². The van der Waals surface area contributed by atoms with E-state index in [1.54, 1.807) is 21.3 Å². The van der Waals surface area contributed by atoms with Crippen molar-refractivity contribution < 1.29 is 13.3 Å². The van der Waals surface area contributed by atoms with Gasteiger partial charge in [0.15, 0.2) is 0 Å². The fourth-order valence-corrected chi connectivity index (χ4v) is 3.03. The van der Waals surface area contributed by atoms with E-state index in [-0.39, 0.29) is 0 Å². The maximum Gasteiger partial charge on any atom is 0.500 e. The summed E-state index contributed by atoms with van der Waals surface area (Å²) in [7, 11) is 2.58. The minimum atomic E-state index is -2.29. The van der Waals surface area contributed by atoms with Gasteiger partial charge in [0, 0.05) is 27.4 Å². The largest absolute Gasteiger partial charge is 0.500 e. The van der Waals surface area contributed by atoms with Crippen LogP contribution in [-0.2, 0) is 13.3 Å². The Kier molecular flexibility index (Phi) is 12.9. The van der Waals surface area contributed by atoms with Gasteiger partial charge in [-0.25, -0.2) is 0 Å². The molecule has 0 N–H and O–H groups in total. The van der Waals surface area contributed by atoms with E-state index in [4.69, 9.17) is 13.3 Å². The highest BCUT2D eigenvalue weighted by Crippen LogP contribution is 2.14. The molecule has 0 heterocycles. The molecule has 0 radical (unpaired) electrons. The molecule has 0 aliphatic rings. The van der Waals surface area contributed by atoms with Crippen molar-refractivity contribution in [1.82, 2.24) is 0 Å². The SMILES string of the molecule is CC.CO[Si](CCCS)(OC)OC. The average molecular weight is 226 g/mol. The molecule has 0 saturated heterocycles. The van der Waals surface area contributed by atoms with Crippen LogP contribution in [0.2, 0.25) is 6.04 Å². The summed E-state index contributed by atoms with van der Waals surface area (Å²) in [6.07, 6.45) is 0.963. The Bertz CT molecular complexity index is 91.1. The van der Waals surface area contributed by atoms with Gasteiger partial charge in [0.2, 0.25) is 0 Å². The monoisotopic (exact) mass is 226 g/mol. The zero-order valence-electron chi connectivity index (χ0n) is 9.29. The fraction of sp³-hybridized carbons (Fsp3) is 1.00. The highest BCUT2D eigenvalue weighted by molar-refractivity contribution is 7.80. The highest BCUT2D eigenvalue weighted by atomic mass is 32.1. The van der Waals surface area contributed by atoms with Crippen LogP contribution in [0.4, 0.5) is 0 Å². The molecule has 5 heteroatoms. The molecular formula is C8H22O3SSi. The third-order valence-electron chi connectivity index (χ3n) is 1.57. The molecule has 0 fully saturated rings. The van der Waals surface area contributed by atoms with Crippen molar-refractivity contribution in [1.29, 1.82) is 0 Å². The van der Waals surface area contributed by atoms with E-state index in [1.807, 2.05) is 13.8 Å². The lowest BCUT2D eigenvalue weighted by molar-refractivity contribution is 0.123. The third kappa shape index (κ3) is 6.51. The molecule has 0 saturated carbocycles. The minimum absolute atomic E-state index is 0.833. The Hall–Kier alpha value is 0.447. The normalized spacial score (nSPS) is 10.6. The van der Waals surface area contributed by atoms with Gasteiger partial charge in [0.1, 0.15) is 0 Å². The number of thiol groups is 1. The van der Waals surface area contributed by atoms with E-state index in [9.17, 15) is 0 Å². The molecule has 3 nitrogen and oxygen atoms in total. The summed E-state index contributed by atoms with van der Waals surface area (Å²) in [5.74, 6) is 0.838. The summed E-state index contributed by atoms with van der Waals surface area (Å²) in [5.41, 5.74) is 0. The van der Waals surface area contributed by atoms with Crippen molar-refractivity contribution in [3.05, 3.63) is 0 Å². The van der Waals surface area contributed by atoms with Crippen molar-refractivity contribution in [3.8, 4) is 0 Å². The smallest absolute Gasteiger partial charge is 0.377 e. The second-order valence-corrected chi connectivity index (χ2v) is 5.66. The molecule has 0 atom stereocenters. The van der Waals surface area contributed by atoms with Gasteiger partial charge in [0.05, 0.1) is 0 Å². The summed E-state index contributed by atoms with van der Waals surface area (Å²) in [6.45, 7) is 4.00. The number of rotatable bonds is 6.